The second kappa shape index (κ2) is 9.85. The smallest absolute Gasteiger partial charge is 0.240 e. The van der Waals surface area contributed by atoms with Crippen LogP contribution in [-0.2, 0) is 14.8 Å². The van der Waals surface area contributed by atoms with Crippen LogP contribution in [0.2, 0.25) is 0 Å². The molecule has 2 fully saturated rings. The Hall–Kier alpha value is -2.03. The van der Waals surface area contributed by atoms with Crippen LogP contribution in [0.25, 0.3) is 0 Å². The number of carbonyl (C=O) groups is 2. The molecule has 2 saturated carbocycles. The van der Waals surface area contributed by atoms with Crippen LogP contribution in [0.15, 0.2) is 46.7 Å². The number of carbonyl (C=O) groups excluding carboxylic acids is 2. The second-order valence-electron chi connectivity index (χ2n) is 9.08. The Morgan fingerprint density at radius 3 is 2.50 bits per heavy atom. The molecule has 0 saturated heterocycles. The molecule has 8 heteroatoms. The van der Waals surface area contributed by atoms with E-state index < -0.39 is 10.0 Å². The Morgan fingerprint density at radius 2 is 1.88 bits per heavy atom. The van der Waals surface area contributed by atoms with Crippen molar-refractivity contribution in [3.05, 3.63) is 46.7 Å². The highest BCUT2D eigenvalue weighted by Gasteiger charge is 2.42. The monoisotopic (exact) mass is 474 g/mol. The highest BCUT2D eigenvalue weighted by Crippen LogP contribution is 2.49. The van der Waals surface area contributed by atoms with E-state index in [0.717, 1.165) is 12.3 Å². The summed E-state index contributed by atoms with van der Waals surface area (Å²) in [5, 5.41) is 4.63. The summed E-state index contributed by atoms with van der Waals surface area (Å²) in [6, 6.07) is 9.79. The third-order valence-corrected chi connectivity index (χ3v) is 9.31. The van der Waals surface area contributed by atoms with Gasteiger partial charge in [0, 0.05) is 24.6 Å². The molecule has 1 aromatic carbocycles. The third-order valence-electron chi connectivity index (χ3n) is 6.83. The molecular weight excluding hydrogens is 444 g/mol. The predicted molar refractivity (Wildman–Crippen MR) is 126 cm³/mol. The maximum Gasteiger partial charge on any atom is 0.240 e. The van der Waals surface area contributed by atoms with Gasteiger partial charge in [0.15, 0.2) is 5.78 Å². The van der Waals surface area contributed by atoms with Gasteiger partial charge in [0.2, 0.25) is 15.9 Å². The van der Waals surface area contributed by atoms with Crippen molar-refractivity contribution in [2.24, 2.45) is 17.8 Å². The maximum absolute atomic E-state index is 12.8. The number of Topliss-reactive ketones (excluding diaryl/α,β-unsaturated/α-hetero) is 1. The molecule has 2 aliphatic rings. The molecule has 172 valence electrons. The number of ketones is 1. The van der Waals surface area contributed by atoms with Crippen LogP contribution in [0.3, 0.4) is 0 Å². The van der Waals surface area contributed by atoms with E-state index in [2.05, 4.69) is 10.0 Å². The van der Waals surface area contributed by atoms with Crippen molar-refractivity contribution >= 4 is 38.7 Å². The van der Waals surface area contributed by atoms with Gasteiger partial charge in [-0.3, -0.25) is 9.59 Å². The summed E-state index contributed by atoms with van der Waals surface area (Å²) in [5.41, 5.74) is 0.541. The van der Waals surface area contributed by atoms with Crippen molar-refractivity contribution in [1.29, 1.82) is 0 Å². The highest BCUT2D eigenvalue weighted by molar-refractivity contribution is 7.89. The SMILES string of the molecule is CC(NS(=O)(=O)c1ccc(NC(=O)CCCC(=O)c2cccs2)cc1)C1CC2CCC1C2. The van der Waals surface area contributed by atoms with Crippen molar-refractivity contribution < 1.29 is 18.0 Å². The van der Waals surface area contributed by atoms with Gasteiger partial charge in [-0.2, -0.15) is 0 Å². The Balaban J connectivity index is 1.25. The van der Waals surface area contributed by atoms with Crippen molar-refractivity contribution in [2.75, 3.05) is 5.32 Å². The summed E-state index contributed by atoms with van der Waals surface area (Å²) in [6.45, 7) is 1.97. The molecule has 2 aliphatic carbocycles. The fourth-order valence-electron chi connectivity index (χ4n) is 5.22. The number of hydrogen-bond acceptors (Lipinski definition) is 5. The van der Waals surface area contributed by atoms with E-state index in [0.29, 0.717) is 35.2 Å². The molecule has 2 bridgehead atoms. The van der Waals surface area contributed by atoms with E-state index in [1.165, 1.54) is 42.7 Å². The zero-order chi connectivity index (χ0) is 22.7. The third kappa shape index (κ3) is 5.47. The molecule has 32 heavy (non-hydrogen) atoms. The first-order valence-electron chi connectivity index (χ1n) is 11.3. The van der Waals surface area contributed by atoms with Gasteiger partial charge in [-0.05, 0) is 86.1 Å². The number of benzene rings is 1. The zero-order valence-electron chi connectivity index (χ0n) is 18.3. The Bertz CT molecular complexity index is 1050. The molecule has 1 amide bonds. The topological polar surface area (TPSA) is 92.3 Å². The predicted octanol–water partition coefficient (Wildman–Crippen LogP) is 4.84. The minimum Gasteiger partial charge on any atom is -0.326 e. The summed E-state index contributed by atoms with van der Waals surface area (Å²) < 4.78 is 28.5. The molecule has 4 unspecified atom stereocenters. The number of anilines is 1. The average Bonchev–Trinajstić information content (AvgIpc) is 3.52. The van der Waals surface area contributed by atoms with E-state index in [1.807, 2.05) is 18.4 Å². The number of rotatable bonds is 10. The van der Waals surface area contributed by atoms with Crippen molar-refractivity contribution in [1.82, 2.24) is 4.72 Å². The average molecular weight is 475 g/mol. The second-order valence-corrected chi connectivity index (χ2v) is 11.7. The summed E-state index contributed by atoms with van der Waals surface area (Å²) in [5.74, 6) is 1.70. The van der Waals surface area contributed by atoms with Gasteiger partial charge in [-0.15, -0.1) is 11.3 Å². The standard InChI is InChI=1S/C24H30N2O4S2/c1-16(21-15-17-7-8-18(21)14-17)26-32(29,30)20-11-9-19(10-12-20)25-24(28)6-2-4-22(27)23-5-3-13-31-23/h3,5,9-13,16-18,21,26H,2,4,6-8,14-15H2,1H3,(H,25,28). The fraction of sp³-hybridized carbons (Fsp3) is 0.500. The van der Waals surface area contributed by atoms with Crippen LogP contribution in [-0.4, -0.2) is 26.2 Å². The number of nitrogens with one attached hydrogen (secondary N) is 2. The van der Waals surface area contributed by atoms with E-state index in [4.69, 9.17) is 0 Å². The van der Waals surface area contributed by atoms with E-state index in [-0.39, 0.29) is 29.0 Å². The Morgan fingerprint density at radius 1 is 1.09 bits per heavy atom. The van der Waals surface area contributed by atoms with Crippen LogP contribution < -0.4 is 10.0 Å². The zero-order valence-corrected chi connectivity index (χ0v) is 19.9. The molecule has 2 aromatic rings. The fourth-order valence-corrected chi connectivity index (χ4v) is 7.21. The van der Waals surface area contributed by atoms with E-state index in [9.17, 15) is 18.0 Å². The van der Waals surface area contributed by atoms with Crippen molar-refractivity contribution in [3.8, 4) is 0 Å². The van der Waals surface area contributed by atoms with Crippen LogP contribution >= 0.6 is 11.3 Å². The number of sulfonamides is 1. The first kappa shape index (κ1) is 23.1. The lowest BCUT2D eigenvalue weighted by Crippen LogP contribution is -2.40. The Labute approximate surface area is 193 Å². The number of thiophene rings is 1. The summed E-state index contributed by atoms with van der Waals surface area (Å²) >= 11 is 1.40. The van der Waals surface area contributed by atoms with Gasteiger partial charge < -0.3 is 5.32 Å². The van der Waals surface area contributed by atoms with E-state index in [1.54, 1.807) is 18.2 Å². The quantitative estimate of drug-likeness (QED) is 0.482. The maximum atomic E-state index is 12.8. The van der Waals surface area contributed by atoms with E-state index >= 15 is 0 Å². The normalized spacial score (nSPS) is 23.2. The molecule has 0 spiro atoms. The van der Waals surface area contributed by atoms with Gasteiger partial charge in [0.25, 0.3) is 0 Å². The molecule has 4 atom stereocenters. The van der Waals surface area contributed by atoms with Gasteiger partial charge in [-0.25, -0.2) is 13.1 Å². The highest BCUT2D eigenvalue weighted by atomic mass is 32.2. The lowest BCUT2D eigenvalue weighted by molar-refractivity contribution is -0.116. The molecule has 2 N–H and O–H groups in total. The first-order valence-corrected chi connectivity index (χ1v) is 13.7. The first-order chi connectivity index (χ1) is 15.3. The molecule has 6 nitrogen and oxygen atoms in total. The molecule has 4 rings (SSSR count). The van der Waals surface area contributed by atoms with Gasteiger partial charge >= 0.3 is 0 Å². The lowest BCUT2D eigenvalue weighted by atomic mass is 9.84. The van der Waals surface area contributed by atoms with Crippen LogP contribution in [0.5, 0.6) is 0 Å². The molecule has 1 heterocycles. The summed E-state index contributed by atoms with van der Waals surface area (Å²) in [6.07, 6.45) is 5.92. The largest absolute Gasteiger partial charge is 0.326 e. The number of amides is 1. The molecule has 0 aliphatic heterocycles. The number of fused-ring (bicyclic) bond motifs is 2. The summed E-state index contributed by atoms with van der Waals surface area (Å²) in [7, 11) is -3.60. The van der Waals surface area contributed by atoms with Gasteiger partial charge in [0.05, 0.1) is 9.77 Å². The Kier molecular flexibility index (Phi) is 7.12. The van der Waals surface area contributed by atoms with Crippen molar-refractivity contribution in [2.45, 2.75) is 62.8 Å². The van der Waals surface area contributed by atoms with Crippen LogP contribution in [0.4, 0.5) is 5.69 Å². The summed E-state index contributed by atoms with van der Waals surface area (Å²) in [4.78, 5) is 25.1. The van der Waals surface area contributed by atoms with Gasteiger partial charge in [-0.1, -0.05) is 12.5 Å². The molecular formula is C24H30N2O4S2. The molecule has 1 aromatic heterocycles. The van der Waals surface area contributed by atoms with Gasteiger partial charge in [0.1, 0.15) is 0 Å². The van der Waals surface area contributed by atoms with Crippen LogP contribution in [0, 0.1) is 17.8 Å². The van der Waals surface area contributed by atoms with Crippen molar-refractivity contribution in [3.63, 3.8) is 0 Å². The lowest BCUT2D eigenvalue weighted by Gasteiger charge is -2.28. The molecule has 0 radical (unpaired) electrons. The number of hydrogen-bond donors (Lipinski definition) is 2. The minimum atomic E-state index is -3.60. The van der Waals surface area contributed by atoms with Crippen LogP contribution in [0.1, 0.15) is 61.5 Å². The minimum absolute atomic E-state index is 0.0505.